The molecule has 0 spiro atoms. The molecule has 2 aliphatic heterocycles. The molecule has 0 radical (unpaired) electrons. The molecule has 3 rings (SSSR count). The SMILES string of the molecule is CCCCN(C)C(=O)C1CCN(C(=O)/C=C/c2cc(Cl)c3c(c2)OCCO3)CC1. The van der Waals surface area contributed by atoms with Crippen molar-refractivity contribution in [3.63, 3.8) is 0 Å². The molecule has 1 saturated heterocycles. The summed E-state index contributed by atoms with van der Waals surface area (Å²) in [6.07, 6.45) is 6.81. The Bertz CT molecular complexity index is 772. The van der Waals surface area contributed by atoms with Crippen molar-refractivity contribution in [3.8, 4) is 11.5 Å². The number of fused-ring (bicyclic) bond motifs is 1. The Kier molecular flexibility index (Phi) is 7.42. The summed E-state index contributed by atoms with van der Waals surface area (Å²) in [5.74, 6) is 1.31. The minimum Gasteiger partial charge on any atom is -0.486 e. The van der Waals surface area contributed by atoms with Crippen molar-refractivity contribution in [1.82, 2.24) is 9.80 Å². The van der Waals surface area contributed by atoms with Gasteiger partial charge in [0.1, 0.15) is 13.2 Å². The lowest BCUT2D eigenvalue weighted by atomic mass is 9.95. The Labute approximate surface area is 177 Å². The molecule has 0 aromatic heterocycles. The molecule has 6 nitrogen and oxygen atoms in total. The van der Waals surface area contributed by atoms with E-state index in [9.17, 15) is 9.59 Å². The molecule has 0 bridgehead atoms. The largest absolute Gasteiger partial charge is 0.486 e. The Hall–Kier alpha value is -2.21. The first-order valence-electron chi connectivity index (χ1n) is 10.3. The van der Waals surface area contributed by atoms with E-state index >= 15 is 0 Å². The van der Waals surface area contributed by atoms with E-state index in [4.69, 9.17) is 21.1 Å². The van der Waals surface area contributed by atoms with E-state index in [2.05, 4.69) is 6.92 Å². The van der Waals surface area contributed by atoms with Crippen LogP contribution in [0.25, 0.3) is 6.08 Å². The minimum atomic E-state index is -0.0544. The molecule has 2 amide bonds. The Morgan fingerprint density at radius 2 is 1.97 bits per heavy atom. The molecule has 2 heterocycles. The first kappa shape index (κ1) is 21.5. The van der Waals surface area contributed by atoms with Gasteiger partial charge in [-0.15, -0.1) is 0 Å². The highest BCUT2D eigenvalue weighted by molar-refractivity contribution is 6.32. The van der Waals surface area contributed by atoms with Gasteiger partial charge in [-0.25, -0.2) is 0 Å². The Morgan fingerprint density at radius 3 is 2.69 bits per heavy atom. The quantitative estimate of drug-likeness (QED) is 0.659. The second kappa shape index (κ2) is 10.0. The second-order valence-electron chi connectivity index (χ2n) is 7.57. The number of ether oxygens (including phenoxy) is 2. The average Bonchev–Trinajstić information content (AvgIpc) is 2.75. The number of hydrogen-bond donors (Lipinski definition) is 0. The van der Waals surface area contributed by atoms with Gasteiger partial charge in [0.25, 0.3) is 0 Å². The maximum absolute atomic E-state index is 12.6. The summed E-state index contributed by atoms with van der Waals surface area (Å²) in [6, 6.07) is 3.58. The molecule has 158 valence electrons. The highest BCUT2D eigenvalue weighted by atomic mass is 35.5. The van der Waals surface area contributed by atoms with Crippen LogP contribution in [0.4, 0.5) is 0 Å². The molecule has 0 atom stereocenters. The minimum absolute atomic E-state index is 0.0153. The Morgan fingerprint density at radius 1 is 1.24 bits per heavy atom. The van der Waals surface area contributed by atoms with Crippen LogP contribution in [0.5, 0.6) is 11.5 Å². The van der Waals surface area contributed by atoms with Crippen LogP contribution >= 0.6 is 11.6 Å². The van der Waals surface area contributed by atoms with Crippen LogP contribution in [0.15, 0.2) is 18.2 Å². The summed E-state index contributed by atoms with van der Waals surface area (Å²) >= 11 is 6.24. The summed E-state index contributed by atoms with van der Waals surface area (Å²) in [6.45, 7) is 5.08. The first-order chi connectivity index (χ1) is 14.0. The number of carbonyl (C=O) groups is 2. The zero-order chi connectivity index (χ0) is 20.8. The molecule has 0 N–H and O–H groups in total. The highest BCUT2D eigenvalue weighted by Gasteiger charge is 2.28. The van der Waals surface area contributed by atoms with E-state index in [0.29, 0.717) is 55.7 Å². The number of likely N-dealkylation sites (tertiary alicyclic amines) is 1. The van der Waals surface area contributed by atoms with E-state index in [-0.39, 0.29) is 17.7 Å². The number of rotatable bonds is 6. The number of nitrogens with zero attached hydrogens (tertiary/aromatic N) is 2. The maximum atomic E-state index is 12.6. The van der Waals surface area contributed by atoms with Crippen LogP contribution in [-0.4, -0.2) is 61.5 Å². The fraction of sp³-hybridized carbons (Fsp3) is 0.545. The highest BCUT2D eigenvalue weighted by Crippen LogP contribution is 2.38. The van der Waals surface area contributed by atoms with Crippen molar-refractivity contribution in [2.45, 2.75) is 32.6 Å². The van der Waals surface area contributed by atoms with E-state index in [1.165, 1.54) is 0 Å². The molecule has 0 unspecified atom stereocenters. The van der Waals surface area contributed by atoms with Crippen molar-refractivity contribution in [3.05, 3.63) is 28.8 Å². The number of carbonyl (C=O) groups excluding carboxylic acids is 2. The third-order valence-corrected chi connectivity index (χ3v) is 5.70. The lowest BCUT2D eigenvalue weighted by Crippen LogP contribution is -2.43. The summed E-state index contributed by atoms with van der Waals surface area (Å²) < 4.78 is 11.1. The normalized spacial score (nSPS) is 16.9. The molecule has 1 aromatic carbocycles. The third kappa shape index (κ3) is 5.44. The van der Waals surface area contributed by atoms with Gasteiger partial charge in [-0.05, 0) is 43.0 Å². The van der Waals surface area contributed by atoms with Crippen LogP contribution in [0.1, 0.15) is 38.2 Å². The number of unbranched alkanes of at least 4 members (excludes halogenated alkanes) is 1. The van der Waals surface area contributed by atoms with Gasteiger partial charge in [-0.1, -0.05) is 24.9 Å². The first-order valence-corrected chi connectivity index (χ1v) is 10.7. The lowest BCUT2D eigenvalue weighted by molar-refractivity contribution is -0.138. The van der Waals surface area contributed by atoms with E-state index in [0.717, 1.165) is 24.9 Å². The molecule has 1 aromatic rings. The summed E-state index contributed by atoms with van der Waals surface area (Å²) in [5.41, 5.74) is 0.787. The van der Waals surface area contributed by atoms with E-state index in [1.54, 1.807) is 23.1 Å². The topological polar surface area (TPSA) is 59.1 Å². The summed E-state index contributed by atoms with van der Waals surface area (Å²) in [4.78, 5) is 28.7. The Balaban J connectivity index is 1.53. The number of halogens is 1. The van der Waals surface area contributed by atoms with Gasteiger partial charge in [-0.3, -0.25) is 9.59 Å². The molecular weight excluding hydrogens is 392 g/mol. The van der Waals surface area contributed by atoms with E-state index < -0.39 is 0 Å². The smallest absolute Gasteiger partial charge is 0.246 e. The van der Waals surface area contributed by atoms with Crippen molar-refractivity contribution in [2.24, 2.45) is 5.92 Å². The van der Waals surface area contributed by atoms with Crippen molar-refractivity contribution in [1.29, 1.82) is 0 Å². The van der Waals surface area contributed by atoms with Gasteiger partial charge in [0.05, 0.1) is 5.02 Å². The predicted octanol–water partition coefficient (Wildman–Crippen LogP) is 3.62. The van der Waals surface area contributed by atoms with Crippen molar-refractivity contribution < 1.29 is 19.1 Å². The maximum Gasteiger partial charge on any atom is 0.246 e. The zero-order valence-electron chi connectivity index (χ0n) is 17.2. The van der Waals surface area contributed by atoms with Crippen LogP contribution in [0.2, 0.25) is 5.02 Å². The molecule has 0 aliphatic carbocycles. The second-order valence-corrected chi connectivity index (χ2v) is 7.98. The zero-order valence-corrected chi connectivity index (χ0v) is 17.9. The number of piperidine rings is 1. The van der Waals surface area contributed by atoms with Gasteiger partial charge in [0, 0.05) is 38.7 Å². The predicted molar refractivity (Wildman–Crippen MR) is 113 cm³/mol. The fourth-order valence-electron chi connectivity index (χ4n) is 3.66. The molecule has 0 saturated carbocycles. The van der Waals surface area contributed by atoms with Crippen molar-refractivity contribution in [2.75, 3.05) is 39.9 Å². The standard InChI is InChI=1S/C22H29ClN2O4/c1-3-4-9-24(2)22(27)17-7-10-25(11-8-17)20(26)6-5-16-14-18(23)21-19(15-16)28-12-13-29-21/h5-6,14-15,17H,3-4,7-13H2,1-2H3/b6-5+. The van der Waals surface area contributed by atoms with Crippen LogP contribution in [0.3, 0.4) is 0 Å². The van der Waals surface area contributed by atoms with Crippen LogP contribution < -0.4 is 9.47 Å². The molecule has 1 fully saturated rings. The average molecular weight is 421 g/mol. The van der Waals surface area contributed by atoms with Gasteiger partial charge >= 0.3 is 0 Å². The monoisotopic (exact) mass is 420 g/mol. The number of hydrogen-bond acceptors (Lipinski definition) is 4. The number of amides is 2. The molecule has 2 aliphatic rings. The molecule has 29 heavy (non-hydrogen) atoms. The molecule has 7 heteroatoms. The van der Waals surface area contributed by atoms with Crippen LogP contribution in [0, 0.1) is 5.92 Å². The van der Waals surface area contributed by atoms with Crippen molar-refractivity contribution >= 4 is 29.5 Å². The van der Waals surface area contributed by atoms with E-state index in [1.807, 2.05) is 18.0 Å². The summed E-state index contributed by atoms with van der Waals surface area (Å²) in [5, 5.41) is 0.473. The summed E-state index contributed by atoms with van der Waals surface area (Å²) in [7, 11) is 1.87. The third-order valence-electron chi connectivity index (χ3n) is 5.42. The fourth-order valence-corrected chi connectivity index (χ4v) is 3.94. The van der Waals surface area contributed by atoms with Gasteiger partial charge in [0.2, 0.25) is 11.8 Å². The van der Waals surface area contributed by atoms with Crippen LogP contribution in [-0.2, 0) is 9.59 Å². The van der Waals surface area contributed by atoms with Gasteiger partial charge in [0.15, 0.2) is 11.5 Å². The number of benzene rings is 1. The lowest BCUT2D eigenvalue weighted by Gasteiger charge is -2.32. The van der Waals surface area contributed by atoms with Gasteiger partial charge < -0.3 is 19.3 Å². The molecular formula is C22H29ClN2O4. The van der Waals surface area contributed by atoms with Gasteiger partial charge in [-0.2, -0.15) is 0 Å².